The van der Waals surface area contributed by atoms with Gasteiger partial charge in [0.05, 0.1) is 19.8 Å². The van der Waals surface area contributed by atoms with E-state index in [4.69, 9.17) is 14.2 Å². The van der Waals surface area contributed by atoms with Crippen LogP contribution in [0, 0.1) is 5.92 Å². The average molecular weight is 334 g/mol. The molecule has 0 aliphatic carbocycles. The van der Waals surface area contributed by atoms with Crippen LogP contribution in [0.3, 0.4) is 0 Å². The highest BCUT2D eigenvalue weighted by Crippen LogP contribution is 2.18. The van der Waals surface area contributed by atoms with Crippen LogP contribution in [0.5, 0.6) is 0 Å². The number of ether oxygens (including phenoxy) is 3. The Hall–Kier alpha value is -1.65. The van der Waals surface area contributed by atoms with Crippen LogP contribution in [0.15, 0.2) is 42.5 Å². The molecule has 0 bridgehead atoms. The van der Waals surface area contributed by atoms with Crippen LogP contribution in [-0.4, -0.2) is 32.4 Å². The van der Waals surface area contributed by atoms with Gasteiger partial charge in [-0.15, -0.1) is 0 Å². The number of methoxy groups -OCH3 is 2. The second kappa shape index (κ2) is 11.8. The molecular weight excluding hydrogens is 304 g/mol. The van der Waals surface area contributed by atoms with Crippen molar-refractivity contribution < 1.29 is 19.0 Å². The first-order valence-corrected chi connectivity index (χ1v) is 8.56. The minimum atomic E-state index is -0.668. The number of hydrogen-bond acceptors (Lipinski definition) is 4. The zero-order valence-electron chi connectivity index (χ0n) is 15.2. The summed E-state index contributed by atoms with van der Waals surface area (Å²) in [5.41, 5.74) is 1.17. The molecule has 3 atom stereocenters. The maximum Gasteiger partial charge on any atom is 0.339 e. The summed E-state index contributed by atoms with van der Waals surface area (Å²) in [4.78, 5) is 11.6. The van der Waals surface area contributed by atoms with Gasteiger partial charge in [-0.2, -0.15) is 0 Å². The molecule has 0 aliphatic heterocycles. The van der Waals surface area contributed by atoms with Gasteiger partial charge >= 0.3 is 5.97 Å². The summed E-state index contributed by atoms with van der Waals surface area (Å²) in [7, 11) is 2.86. The first kappa shape index (κ1) is 20.4. The topological polar surface area (TPSA) is 44.8 Å². The summed E-state index contributed by atoms with van der Waals surface area (Å²) in [5, 5.41) is 0. The van der Waals surface area contributed by atoms with E-state index in [1.807, 2.05) is 24.3 Å². The Bertz CT molecular complexity index is 484. The molecule has 24 heavy (non-hydrogen) atoms. The molecule has 0 N–H and O–H groups in total. The van der Waals surface area contributed by atoms with Crippen molar-refractivity contribution in [3.63, 3.8) is 0 Å². The van der Waals surface area contributed by atoms with E-state index in [1.165, 1.54) is 19.8 Å². The smallest absolute Gasteiger partial charge is 0.339 e. The fourth-order valence-corrected chi connectivity index (χ4v) is 2.45. The van der Waals surface area contributed by atoms with Gasteiger partial charge in [-0.3, -0.25) is 0 Å². The van der Waals surface area contributed by atoms with Crippen molar-refractivity contribution in [2.45, 2.75) is 51.9 Å². The van der Waals surface area contributed by atoms with Crippen LogP contribution in [-0.2, 0) is 25.6 Å². The zero-order chi connectivity index (χ0) is 17.8. The molecule has 4 heteroatoms. The van der Waals surface area contributed by atoms with E-state index in [1.54, 1.807) is 6.08 Å². The summed E-state index contributed by atoms with van der Waals surface area (Å²) in [6, 6.07) is 10.2. The minimum absolute atomic E-state index is 0.108. The molecule has 4 nitrogen and oxygen atoms in total. The van der Waals surface area contributed by atoms with Gasteiger partial charge in [-0.05, 0) is 18.1 Å². The molecular formula is C20H30O4. The van der Waals surface area contributed by atoms with Crippen LogP contribution < -0.4 is 0 Å². The Morgan fingerprint density at radius 1 is 1.17 bits per heavy atom. The maximum absolute atomic E-state index is 11.6. The lowest BCUT2D eigenvalue weighted by molar-refractivity contribution is -0.149. The Balaban J connectivity index is 2.65. The standard InChI is InChI=1S/C20H30O4/c1-5-6-12-18(24-15-17-10-8-7-9-11-17)16(2)13-14-19(22-3)20(21)23-4/h7-11,13-14,16,18-19H,5-6,12,15H2,1-4H3/b14-13+/t16-,18-,19-/m0/s1. The molecule has 0 heterocycles. The molecule has 0 aliphatic rings. The van der Waals surface area contributed by atoms with E-state index in [0.717, 1.165) is 19.3 Å². The SMILES string of the molecule is CCCC[C@H](OCc1ccccc1)[C@@H](C)/C=C/[C@H](OC)C(=O)OC. The summed E-state index contributed by atoms with van der Waals surface area (Å²) in [5.74, 6) is -0.209. The zero-order valence-corrected chi connectivity index (χ0v) is 15.2. The van der Waals surface area contributed by atoms with Gasteiger partial charge in [0.25, 0.3) is 0 Å². The van der Waals surface area contributed by atoms with Crippen LogP contribution in [0.2, 0.25) is 0 Å². The summed E-state index contributed by atoms with van der Waals surface area (Å²) < 4.78 is 16.0. The number of esters is 1. The van der Waals surface area contributed by atoms with Gasteiger partial charge in [0.15, 0.2) is 6.10 Å². The lowest BCUT2D eigenvalue weighted by atomic mass is 9.98. The number of carbonyl (C=O) groups is 1. The van der Waals surface area contributed by atoms with Gasteiger partial charge in [-0.25, -0.2) is 4.79 Å². The first-order valence-electron chi connectivity index (χ1n) is 8.56. The molecule has 0 amide bonds. The first-order chi connectivity index (χ1) is 11.6. The largest absolute Gasteiger partial charge is 0.467 e. The third-order valence-electron chi connectivity index (χ3n) is 4.01. The number of rotatable bonds is 11. The van der Waals surface area contributed by atoms with Gasteiger partial charge in [0.2, 0.25) is 0 Å². The van der Waals surface area contributed by atoms with Crippen molar-refractivity contribution >= 4 is 5.97 Å². The van der Waals surface area contributed by atoms with E-state index in [-0.39, 0.29) is 12.0 Å². The fraction of sp³-hybridized carbons (Fsp3) is 0.550. The lowest BCUT2D eigenvalue weighted by Gasteiger charge is -2.22. The van der Waals surface area contributed by atoms with Crippen molar-refractivity contribution in [3.8, 4) is 0 Å². The van der Waals surface area contributed by atoms with Crippen molar-refractivity contribution in [1.82, 2.24) is 0 Å². The van der Waals surface area contributed by atoms with Crippen LogP contribution in [0.25, 0.3) is 0 Å². The molecule has 1 aromatic carbocycles. The highest BCUT2D eigenvalue weighted by atomic mass is 16.6. The second-order valence-electron chi connectivity index (χ2n) is 5.90. The molecule has 0 fully saturated rings. The van der Waals surface area contributed by atoms with E-state index in [2.05, 4.69) is 26.0 Å². The number of benzene rings is 1. The van der Waals surface area contributed by atoms with Crippen LogP contribution >= 0.6 is 0 Å². The normalized spacial score (nSPS) is 15.2. The summed E-state index contributed by atoms with van der Waals surface area (Å²) in [6.45, 7) is 4.87. The molecule has 0 saturated heterocycles. The Morgan fingerprint density at radius 3 is 2.46 bits per heavy atom. The second-order valence-corrected chi connectivity index (χ2v) is 5.90. The molecule has 134 valence electrons. The van der Waals surface area contributed by atoms with E-state index >= 15 is 0 Å². The van der Waals surface area contributed by atoms with E-state index < -0.39 is 12.1 Å². The number of carbonyl (C=O) groups excluding carboxylic acids is 1. The Labute approximate surface area is 145 Å². The van der Waals surface area contributed by atoms with E-state index in [9.17, 15) is 4.79 Å². The molecule has 0 saturated carbocycles. The third kappa shape index (κ3) is 7.28. The molecule has 0 spiro atoms. The quantitative estimate of drug-likeness (QED) is 0.451. The van der Waals surface area contributed by atoms with Crippen molar-refractivity contribution in [1.29, 1.82) is 0 Å². The highest BCUT2D eigenvalue weighted by molar-refractivity contribution is 5.76. The Morgan fingerprint density at radius 2 is 1.88 bits per heavy atom. The minimum Gasteiger partial charge on any atom is -0.467 e. The third-order valence-corrected chi connectivity index (χ3v) is 4.01. The van der Waals surface area contributed by atoms with E-state index in [0.29, 0.717) is 6.61 Å². The van der Waals surface area contributed by atoms with Gasteiger partial charge in [0, 0.05) is 13.0 Å². The van der Waals surface area contributed by atoms with Gasteiger partial charge in [-0.1, -0.05) is 63.1 Å². The molecule has 0 aromatic heterocycles. The lowest BCUT2D eigenvalue weighted by Crippen LogP contribution is -2.24. The molecule has 1 aromatic rings. The molecule has 0 radical (unpaired) electrons. The van der Waals surface area contributed by atoms with Crippen LogP contribution in [0.1, 0.15) is 38.7 Å². The summed E-state index contributed by atoms with van der Waals surface area (Å²) in [6.07, 6.45) is 6.41. The predicted octanol–water partition coefficient (Wildman–Crippen LogP) is 4.14. The molecule has 0 unspecified atom stereocenters. The van der Waals surface area contributed by atoms with Gasteiger partial charge in [0.1, 0.15) is 0 Å². The number of unbranched alkanes of at least 4 members (excludes halogenated alkanes) is 1. The fourth-order valence-electron chi connectivity index (χ4n) is 2.45. The molecule has 1 rings (SSSR count). The Kier molecular flexibility index (Phi) is 10.0. The maximum atomic E-state index is 11.6. The monoisotopic (exact) mass is 334 g/mol. The van der Waals surface area contributed by atoms with Crippen molar-refractivity contribution in [3.05, 3.63) is 48.0 Å². The van der Waals surface area contributed by atoms with Crippen molar-refractivity contribution in [2.75, 3.05) is 14.2 Å². The summed E-state index contributed by atoms with van der Waals surface area (Å²) >= 11 is 0. The van der Waals surface area contributed by atoms with Crippen molar-refractivity contribution in [2.24, 2.45) is 5.92 Å². The number of hydrogen-bond donors (Lipinski definition) is 0. The highest BCUT2D eigenvalue weighted by Gasteiger charge is 2.18. The average Bonchev–Trinajstić information content (AvgIpc) is 2.62. The predicted molar refractivity (Wildman–Crippen MR) is 95.7 cm³/mol. The van der Waals surface area contributed by atoms with Gasteiger partial charge < -0.3 is 14.2 Å². The van der Waals surface area contributed by atoms with Crippen LogP contribution in [0.4, 0.5) is 0 Å².